The molecule has 2 aromatic rings. The number of carbonyl (C=O) groups excluding carboxylic acids is 1. The number of hydrogen-bond donors (Lipinski definition) is 0. The van der Waals surface area contributed by atoms with E-state index in [1.807, 2.05) is 31.2 Å². The first-order valence-electron chi connectivity index (χ1n) is 8.34. The standard InChI is InChI=1S/C19H22N2O4S/c1-14-12-15-6-4-5-7-18(15)21(14)19(22)13-25-17-10-8-16(9-11-17)20(2)26(3,23)24/h4-11,14H,12-13H2,1-3H3. The zero-order valence-electron chi connectivity index (χ0n) is 15.0. The Hall–Kier alpha value is -2.54. The third-order valence-corrected chi connectivity index (χ3v) is 5.74. The third kappa shape index (κ3) is 3.67. The van der Waals surface area contributed by atoms with Crippen LogP contribution in [0.4, 0.5) is 11.4 Å². The van der Waals surface area contributed by atoms with Gasteiger partial charge in [-0.25, -0.2) is 8.42 Å². The summed E-state index contributed by atoms with van der Waals surface area (Å²) in [6.45, 7) is 1.95. The summed E-state index contributed by atoms with van der Waals surface area (Å²) in [6, 6.07) is 14.6. The molecule has 1 heterocycles. The van der Waals surface area contributed by atoms with Gasteiger partial charge in [-0.05, 0) is 49.2 Å². The Balaban J connectivity index is 1.65. The number of carbonyl (C=O) groups is 1. The second kappa shape index (κ2) is 6.99. The number of anilines is 2. The van der Waals surface area contributed by atoms with Gasteiger partial charge < -0.3 is 9.64 Å². The summed E-state index contributed by atoms with van der Waals surface area (Å²) in [5.74, 6) is 0.420. The number of ether oxygens (including phenoxy) is 1. The molecule has 0 aliphatic carbocycles. The molecule has 0 saturated heterocycles. The van der Waals surface area contributed by atoms with Crippen LogP contribution in [0.25, 0.3) is 0 Å². The lowest BCUT2D eigenvalue weighted by Gasteiger charge is -2.23. The first-order valence-corrected chi connectivity index (χ1v) is 10.2. The molecule has 0 saturated carbocycles. The van der Waals surface area contributed by atoms with E-state index in [0.29, 0.717) is 11.4 Å². The van der Waals surface area contributed by atoms with Gasteiger partial charge in [-0.2, -0.15) is 0 Å². The number of benzene rings is 2. The zero-order valence-corrected chi connectivity index (χ0v) is 15.9. The fourth-order valence-corrected chi connectivity index (χ4v) is 3.61. The van der Waals surface area contributed by atoms with Crippen LogP contribution in [-0.4, -0.2) is 40.3 Å². The van der Waals surface area contributed by atoms with E-state index in [2.05, 4.69) is 0 Å². The first kappa shape index (κ1) is 18.3. The van der Waals surface area contributed by atoms with Gasteiger partial charge in [0.1, 0.15) is 5.75 Å². The summed E-state index contributed by atoms with van der Waals surface area (Å²) < 4.78 is 29.9. The van der Waals surface area contributed by atoms with Crippen molar-refractivity contribution in [3.63, 3.8) is 0 Å². The molecule has 138 valence electrons. The molecule has 0 radical (unpaired) electrons. The van der Waals surface area contributed by atoms with Gasteiger partial charge in [-0.15, -0.1) is 0 Å². The van der Waals surface area contributed by atoms with Crippen molar-refractivity contribution < 1.29 is 17.9 Å². The van der Waals surface area contributed by atoms with Crippen LogP contribution in [0, 0.1) is 0 Å². The predicted molar refractivity (Wildman–Crippen MR) is 102 cm³/mol. The lowest BCUT2D eigenvalue weighted by molar-refractivity contribution is -0.120. The number of para-hydroxylation sites is 1. The minimum absolute atomic E-state index is 0.0695. The second-order valence-corrected chi connectivity index (χ2v) is 8.47. The van der Waals surface area contributed by atoms with Gasteiger partial charge in [-0.1, -0.05) is 18.2 Å². The van der Waals surface area contributed by atoms with Crippen molar-refractivity contribution >= 4 is 27.3 Å². The van der Waals surface area contributed by atoms with Crippen LogP contribution in [-0.2, 0) is 21.2 Å². The molecule has 0 spiro atoms. The molecule has 0 fully saturated rings. The Morgan fingerprint density at radius 1 is 1.19 bits per heavy atom. The largest absolute Gasteiger partial charge is 0.484 e. The van der Waals surface area contributed by atoms with Gasteiger partial charge in [0.2, 0.25) is 10.0 Å². The number of nitrogens with zero attached hydrogens (tertiary/aromatic N) is 2. The maximum Gasteiger partial charge on any atom is 0.265 e. The van der Waals surface area contributed by atoms with Gasteiger partial charge in [0, 0.05) is 18.8 Å². The third-order valence-electron chi connectivity index (χ3n) is 4.54. The van der Waals surface area contributed by atoms with E-state index in [4.69, 9.17) is 4.74 Å². The molecule has 26 heavy (non-hydrogen) atoms. The van der Waals surface area contributed by atoms with Crippen molar-refractivity contribution in [3.8, 4) is 5.75 Å². The van der Waals surface area contributed by atoms with Gasteiger partial charge >= 0.3 is 0 Å². The molecule has 3 rings (SSSR count). The highest BCUT2D eigenvalue weighted by molar-refractivity contribution is 7.92. The van der Waals surface area contributed by atoms with E-state index in [9.17, 15) is 13.2 Å². The molecule has 2 aromatic carbocycles. The lowest BCUT2D eigenvalue weighted by Crippen LogP contribution is -2.39. The Labute approximate surface area is 154 Å². The van der Waals surface area contributed by atoms with E-state index in [0.717, 1.165) is 18.4 Å². The van der Waals surface area contributed by atoms with Crippen LogP contribution >= 0.6 is 0 Å². The summed E-state index contributed by atoms with van der Waals surface area (Å²) in [5, 5.41) is 0. The van der Waals surface area contributed by atoms with Gasteiger partial charge in [0.25, 0.3) is 5.91 Å². The molecule has 1 unspecified atom stereocenters. The number of hydrogen-bond acceptors (Lipinski definition) is 4. The Morgan fingerprint density at radius 3 is 2.50 bits per heavy atom. The highest BCUT2D eigenvalue weighted by Gasteiger charge is 2.30. The van der Waals surface area contributed by atoms with Crippen molar-refractivity contribution in [2.75, 3.05) is 29.1 Å². The van der Waals surface area contributed by atoms with Gasteiger partial charge in [0.05, 0.1) is 11.9 Å². The van der Waals surface area contributed by atoms with Crippen LogP contribution in [0.1, 0.15) is 12.5 Å². The van der Waals surface area contributed by atoms with Crippen LogP contribution in [0.15, 0.2) is 48.5 Å². The molecule has 1 amide bonds. The van der Waals surface area contributed by atoms with Crippen molar-refractivity contribution in [3.05, 3.63) is 54.1 Å². The number of rotatable bonds is 5. The summed E-state index contributed by atoms with van der Waals surface area (Å²) in [7, 11) is -1.82. The van der Waals surface area contributed by atoms with Gasteiger partial charge in [0.15, 0.2) is 6.61 Å². The van der Waals surface area contributed by atoms with E-state index < -0.39 is 10.0 Å². The topological polar surface area (TPSA) is 66.9 Å². The first-order chi connectivity index (χ1) is 12.3. The number of sulfonamides is 1. The molecule has 0 aromatic heterocycles. The summed E-state index contributed by atoms with van der Waals surface area (Å²) in [6.07, 6.45) is 1.99. The minimum atomic E-state index is -3.31. The average molecular weight is 374 g/mol. The van der Waals surface area contributed by atoms with Gasteiger partial charge in [-0.3, -0.25) is 9.10 Å². The van der Waals surface area contributed by atoms with Crippen LogP contribution < -0.4 is 13.9 Å². The Morgan fingerprint density at radius 2 is 1.85 bits per heavy atom. The molecule has 0 N–H and O–H groups in total. The fraction of sp³-hybridized carbons (Fsp3) is 0.316. The van der Waals surface area contributed by atoms with E-state index in [-0.39, 0.29) is 18.6 Å². The molecule has 6 nitrogen and oxygen atoms in total. The van der Waals surface area contributed by atoms with E-state index >= 15 is 0 Å². The smallest absolute Gasteiger partial charge is 0.265 e. The summed E-state index contributed by atoms with van der Waals surface area (Å²) in [4.78, 5) is 14.4. The molecular weight excluding hydrogens is 352 g/mol. The summed E-state index contributed by atoms with van der Waals surface area (Å²) >= 11 is 0. The lowest BCUT2D eigenvalue weighted by atomic mass is 10.1. The van der Waals surface area contributed by atoms with Crippen LogP contribution in [0.3, 0.4) is 0 Å². The fourth-order valence-electron chi connectivity index (χ4n) is 3.10. The quantitative estimate of drug-likeness (QED) is 0.806. The average Bonchev–Trinajstić information content (AvgIpc) is 2.94. The Kier molecular flexibility index (Phi) is 4.91. The molecule has 7 heteroatoms. The molecule has 1 aliphatic heterocycles. The zero-order chi connectivity index (χ0) is 18.9. The SMILES string of the molecule is CC1Cc2ccccc2N1C(=O)COc1ccc(N(C)S(C)(=O)=O)cc1. The highest BCUT2D eigenvalue weighted by atomic mass is 32.2. The molecular formula is C19H22N2O4S. The predicted octanol–water partition coefficient (Wildman–Crippen LogP) is 2.44. The van der Waals surface area contributed by atoms with Crippen molar-refractivity contribution in [2.24, 2.45) is 0 Å². The number of fused-ring (bicyclic) bond motifs is 1. The highest BCUT2D eigenvalue weighted by Crippen LogP contribution is 2.31. The van der Waals surface area contributed by atoms with Crippen molar-refractivity contribution in [2.45, 2.75) is 19.4 Å². The van der Waals surface area contributed by atoms with Crippen LogP contribution in [0.5, 0.6) is 5.75 Å². The van der Waals surface area contributed by atoms with E-state index in [1.54, 1.807) is 29.2 Å². The Bertz CT molecular complexity index is 909. The van der Waals surface area contributed by atoms with E-state index in [1.165, 1.54) is 16.9 Å². The normalized spacial score (nSPS) is 16.3. The van der Waals surface area contributed by atoms with Crippen molar-refractivity contribution in [1.29, 1.82) is 0 Å². The monoisotopic (exact) mass is 374 g/mol. The molecule has 1 atom stereocenters. The maximum atomic E-state index is 12.6. The molecule has 1 aliphatic rings. The summed E-state index contributed by atoms with van der Waals surface area (Å²) in [5.41, 5.74) is 2.65. The molecule has 0 bridgehead atoms. The second-order valence-electron chi connectivity index (χ2n) is 6.46. The number of amides is 1. The van der Waals surface area contributed by atoms with Crippen molar-refractivity contribution in [1.82, 2.24) is 0 Å². The minimum Gasteiger partial charge on any atom is -0.484 e. The maximum absolute atomic E-state index is 12.6. The van der Waals surface area contributed by atoms with Crippen LogP contribution in [0.2, 0.25) is 0 Å².